The molecule has 0 aliphatic heterocycles. The minimum absolute atomic E-state index is 0.0486. The van der Waals surface area contributed by atoms with Crippen molar-refractivity contribution in [3.8, 4) is 0 Å². The Labute approximate surface area is 107 Å². The summed E-state index contributed by atoms with van der Waals surface area (Å²) in [5, 5.41) is 0. The van der Waals surface area contributed by atoms with Crippen molar-refractivity contribution >= 4 is 5.78 Å². The van der Waals surface area contributed by atoms with Gasteiger partial charge in [0.05, 0.1) is 0 Å². The molecule has 3 atom stereocenters. The van der Waals surface area contributed by atoms with Gasteiger partial charge in [-0.05, 0) is 64.7 Å². The fraction of sp³-hybridized carbons (Fsp3) is 0.812. The van der Waals surface area contributed by atoms with Gasteiger partial charge in [0.15, 0.2) is 0 Å². The zero-order valence-corrected chi connectivity index (χ0v) is 12.2. The predicted octanol–water partition coefficient (Wildman–Crippen LogP) is 4.76. The van der Waals surface area contributed by atoms with E-state index in [1.165, 1.54) is 31.3 Å². The third kappa shape index (κ3) is 3.69. The molecule has 1 aliphatic carbocycles. The van der Waals surface area contributed by atoms with Gasteiger partial charge in [0.25, 0.3) is 0 Å². The lowest BCUT2D eigenvalue weighted by atomic mass is 9.62. The molecule has 0 radical (unpaired) electrons. The van der Waals surface area contributed by atoms with Crippen molar-refractivity contribution in [1.29, 1.82) is 0 Å². The quantitative estimate of drug-likeness (QED) is 0.643. The molecule has 2 unspecified atom stereocenters. The largest absolute Gasteiger partial charge is 0.299 e. The van der Waals surface area contributed by atoms with Crippen LogP contribution < -0.4 is 0 Å². The van der Waals surface area contributed by atoms with Gasteiger partial charge >= 0.3 is 0 Å². The summed E-state index contributed by atoms with van der Waals surface area (Å²) in [5.41, 5.74) is 1.37. The summed E-state index contributed by atoms with van der Waals surface area (Å²) in [7, 11) is 0. The monoisotopic (exact) mass is 236 g/mol. The van der Waals surface area contributed by atoms with E-state index < -0.39 is 0 Å². The summed E-state index contributed by atoms with van der Waals surface area (Å²) < 4.78 is 0. The number of hydrogen-bond acceptors (Lipinski definition) is 1. The normalized spacial score (nSPS) is 33.2. The lowest BCUT2D eigenvalue weighted by molar-refractivity contribution is -0.131. The number of carbonyl (C=O) groups excluding carboxylic acids is 1. The maximum absolute atomic E-state index is 11.7. The first-order chi connectivity index (χ1) is 7.86. The van der Waals surface area contributed by atoms with Crippen LogP contribution in [0, 0.1) is 17.3 Å². The van der Waals surface area contributed by atoms with Crippen LogP contribution in [0.15, 0.2) is 11.6 Å². The summed E-state index contributed by atoms with van der Waals surface area (Å²) in [5.74, 6) is 1.76. The number of allylic oxidation sites excluding steroid dienone is 2. The molecule has 1 rings (SSSR count). The first kappa shape index (κ1) is 14.5. The van der Waals surface area contributed by atoms with Gasteiger partial charge in [-0.25, -0.2) is 0 Å². The summed E-state index contributed by atoms with van der Waals surface area (Å²) in [6.45, 7) is 10.5. The second-order valence-corrected chi connectivity index (χ2v) is 6.37. The molecular formula is C16H28O. The van der Waals surface area contributed by atoms with Gasteiger partial charge in [-0.3, -0.25) is 4.79 Å². The summed E-state index contributed by atoms with van der Waals surface area (Å²) in [4.78, 5) is 11.7. The molecule has 0 N–H and O–H groups in total. The molecule has 1 heteroatoms. The van der Waals surface area contributed by atoms with E-state index in [4.69, 9.17) is 0 Å². The fourth-order valence-corrected chi connectivity index (χ4v) is 3.02. The average Bonchev–Trinajstić information content (AvgIpc) is 2.22. The van der Waals surface area contributed by atoms with Crippen LogP contribution in [0.25, 0.3) is 0 Å². The van der Waals surface area contributed by atoms with E-state index in [2.05, 4.69) is 33.8 Å². The minimum Gasteiger partial charge on any atom is -0.299 e. The number of Topliss-reactive ketones (excluding diaryl/α,β-unsaturated/α-hetero) is 1. The SMILES string of the molecule is CC(=O)[C@@]1(C)CCC(CCC=C(C)C)CC1C. The van der Waals surface area contributed by atoms with Gasteiger partial charge in [-0.1, -0.05) is 25.5 Å². The summed E-state index contributed by atoms with van der Waals surface area (Å²) >= 11 is 0. The highest BCUT2D eigenvalue weighted by atomic mass is 16.1. The Morgan fingerprint density at radius 2 is 2.00 bits per heavy atom. The van der Waals surface area contributed by atoms with Gasteiger partial charge in [0.2, 0.25) is 0 Å². The second-order valence-electron chi connectivity index (χ2n) is 6.37. The Morgan fingerprint density at radius 1 is 1.35 bits per heavy atom. The van der Waals surface area contributed by atoms with Crippen LogP contribution in [0.5, 0.6) is 0 Å². The molecule has 0 aromatic rings. The zero-order valence-electron chi connectivity index (χ0n) is 12.2. The molecule has 0 bridgehead atoms. The molecule has 0 saturated heterocycles. The highest BCUT2D eigenvalue weighted by molar-refractivity contribution is 5.82. The molecule has 1 fully saturated rings. The van der Waals surface area contributed by atoms with Crippen molar-refractivity contribution in [3.05, 3.63) is 11.6 Å². The van der Waals surface area contributed by atoms with E-state index in [9.17, 15) is 4.79 Å². The lowest BCUT2D eigenvalue weighted by Gasteiger charge is -2.41. The minimum atomic E-state index is -0.0486. The molecule has 0 aromatic heterocycles. The van der Waals surface area contributed by atoms with Crippen LogP contribution in [0.4, 0.5) is 0 Å². The average molecular weight is 236 g/mol. The van der Waals surface area contributed by atoms with Gasteiger partial charge < -0.3 is 0 Å². The molecule has 0 spiro atoms. The van der Waals surface area contributed by atoms with Crippen molar-refractivity contribution in [2.24, 2.45) is 17.3 Å². The van der Waals surface area contributed by atoms with Crippen molar-refractivity contribution in [1.82, 2.24) is 0 Å². The molecule has 98 valence electrons. The molecule has 1 aliphatic rings. The highest BCUT2D eigenvalue weighted by Gasteiger charge is 2.40. The fourth-order valence-electron chi connectivity index (χ4n) is 3.02. The van der Waals surface area contributed by atoms with Crippen molar-refractivity contribution in [2.45, 2.75) is 66.7 Å². The lowest BCUT2D eigenvalue weighted by Crippen LogP contribution is -2.38. The van der Waals surface area contributed by atoms with Gasteiger partial charge in [-0.2, -0.15) is 0 Å². The Morgan fingerprint density at radius 3 is 2.47 bits per heavy atom. The zero-order chi connectivity index (χ0) is 13.1. The molecule has 1 saturated carbocycles. The van der Waals surface area contributed by atoms with E-state index in [1.807, 2.05) is 0 Å². The standard InChI is InChI=1S/C16H28O/c1-12(2)7-6-8-15-9-10-16(5,14(4)17)13(3)11-15/h7,13,15H,6,8-11H2,1-5H3/t13?,15?,16-/m0/s1. The maximum atomic E-state index is 11.7. The molecule has 0 amide bonds. The van der Waals surface area contributed by atoms with Crippen molar-refractivity contribution < 1.29 is 4.79 Å². The molecule has 0 heterocycles. The van der Waals surface area contributed by atoms with E-state index in [-0.39, 0.29) is 5.41 Å². The first-order valence-electron chi connectivity index (χ1n) is 7.00. The van der Waals surface area contributed by atoms with Gasteiger partial charge in [0.1, 0.15) is 5.78 Å². The van der Waals surface area contributed by atoms with Crippen molar-refractivity contribution in [3.63, 3.8) is 0 Å². The number of hydrogen-bond donors (Lipinski definition) is 0. The number of ketones is 1. The van der Waals surface area contributed by atoms with Crippen LogP contribution in [-0.4, -0.2) is 5.78 Å². The van der Waals surface area contributed by atoms with Crippen LogP contribution in [0.1, 0.15) is 66.7 Å². The van der Waals surface area contributed by atoms with Crippen LogP contribution >= 0.6 is 0 Å². The van der Waals surface area contributed by atoms with Crippen molar-refractivity contribution in [2.75, 3.05) is 0 Å². The van der Waals surface area contributed by atoms with Crippen LogP contribution in [0.2, 0.25) is 0 Å². The summed E-state index contributed by atoms with van der Waals surface area (Å²) in [6, 6.07) is 0. The van der Waals surface area contributed by atoms with Crippen LogP contribution in [0.3, 0.4) is 0 Å². The van der Waals surface area contributed by atoms with E-state index >= 15 is 0 Å². The Balaban J connectivity index is 2.47. The Kier molecular flexibility index (Phi) is 4.97. The predicted molar refractivity (Wildman–Crippen MR) is 74.0 cm³/mol. The Bertz CT molecular complexity index is 299. The molecular weight excluding hydrogens is 208 g/mol. The topological polar surface area (TPSA) is 17.1 Å². The molecule has 17 heavy (non-hydrogen) atoms. The van der Waals surface area contributed by atoms with E-state index in [1.54, 1.807) is 6.92 Å². The summed E-state index contributed by atoms with van der Waals surface area (Å²) in [6.07, 6.45) is 8.39. The van der Waals surface area contributed by atoms with Gasteiger partial charge in [0, 0.05) is 5.41 Å². The number of carbonyl (C=O) groups is 1. The maximum Gasteiger partial charge on any atom is 0.135 e. The molecule has 1 nitrogen and oxygen atoms in total. The Hall–Kier alpha value is -0.590. The first-order valence-corrected chi connectivity index (χ1v) is 7.00. The van der Waals surface area contributed by atoms with Gasteiger partial charge in [-0.15, -0.1) is 0 Å². The van der Waals surface area contributed by atoms with E-state index in [0.717, 1.165) is 12.3 Å². The van der Waals surface area contributed by atoms with E-state index in [0.29, 0.717) is 11.7 Å². The van der Waals surface area contributed by atoms with Crippen LogP contribution in [-0.2, 0) is 4.79 Å². The highest BCUT2D eigenvalue weighted by Crippen LogP contribution is 2.45. The third-order valence-electron chi connectivity index (χ3n) is 4.78. The molecule has 0 aromatic carbocycles. The smallest absolute Gasteiger partial charge is 0.135 e. The second kappa shape index (κ2) is 5.84. The third-order valence-corrected chi connectivity index (χ3v) is 4.78. The number of rotatable bonds is 4.